The van der Waals surface area contributed by atoms with Gasteiger partial charge in [0.15, 0.2) is 0 Å². The van der Waals surface area contributed by atoms with Gasteiger partial charge in [-0.3, -0.25) is 0 Å². The number of alkyl halides is 3. The molecule has 1 N–H and O–H groups in total. The van der Waals surface area contributed by atoms with Crippen molar-refractivity contribution in [1.82, 2.24) is 0 Å². The van der Waals surface area contributed by atoms with Gasteiger partial charge in [0.05, 0.1) is 11.1 Å². The van der Waals surface area contributed by atoms with E-state index in [0.29, 0.717) is 0 Å². The molecule has 24 heavy (non-hydrogen) atoms. The molecule has 0 aromatic heterocycles. The maximum absolute atomic E-state index is 13.1. The molecule has 2 rings (SSSR count). The van der Waals surface area contributed by atoms with E-state index in [1.165, 1.54) is 12.1 Å². The average molecular weight is 359 g/mol. The molecule has 0 aliphatic carbocycles. The molecule has 1 atom stereocenters. The van der Waals surface area contributed by atoms with Gasteiger partial charge in [0.2, 0.25) is 6.10 Å². The maximum atomic E-state index is 13.1. The molecule has 1 unspecified atom stereocenters. The summed E-state index contributed by atoms with van der Waals surface area (Å²) in [5.41, 5.74) is -0.942. The van der Waals surface area contributed by atoms with Crippen molar-refractivity contribution >= 4 is 23.6 Å². The standard InChI is InChI=1S/C17H14ClF3O3/c1-16(2,3)5-4-9-6-11(18)7-10-8-12(15(22)23)14(17(19,20)21)24-13(9)10/h6-8,14H,1-3H3,(H,22,23). The fourth-order valence-electron chi connectivity index (χ4n) is 2.04. The van der Waals surface area contributed by atoms with E-state index in [1.54, 1.807) is 0 Å². The van der Waals surface area contributed by atoms with E-state index in [9.17, 15) is 18.0 Å². The van der Waals surface area contributed by atoms with Crippen molar-refractivity contribution in [3.63, 3.8) is 0 Å². The zero-order chi connectivity index (χ0) is 18.3. The molecule has 7 heteroatoms. The summed E-state index contributed by atoms with van der Waals surface area (Å²) in [5.74, 6) is 3.84. The maximum Gasteiger partial charge on any atom is 0.430 e. The second kappa shape index (κ2) is 6.06. The largest absolute Gasteiger partial charge is 0.478 e. The molecule has 0 radical (unpaired) electrons. The Labute approximate surface area is 142 Å². The molecule has 0 bridgehead atoms. The predicted octanol–water partition coefficient (Wildman–Crippen LogP) is 4.53. The first-order valence-corrected chi connectivity index (χ1v) is 7.31. The summed E-state index contributed by atoms with van der Waals surface area (Å²) in [7, 11) is 0. The number of carbonyl (C=O) groups is 1. The third-order valence-corrected chi connectivity index (χ3v) is 3.25. The Morgan fingerprint density at radius 2 is 1.92 bits per heavy atom. The van der Waals surface area contributed by atoms with Crippen LogP contribution in [0, 0.1) is 17.3 Å². The number of fused-ring (bicyclic) bond motifs is 1. The van der Waals surface area contributed by atoms with Crippen molar-refractivity contribution < 1.29 is 27.8 Å². The van der Waals surface area contributed by atoms with E-state index in [-0.39, 0.29) is 27.3 Å². The van der Waals surface area contributed by atoms with Gasteiger partial charge in [-0.05, 0) is 39.0 Å². The zero-order valence-electron chi connectivity index (χ0n) is 13.1. The first-order valence-electron chi connectivity index (χ1n) is 6.93. The number of aliphatic carboxylic acids is 1. The van der Waals surface area contributed by atoms with Gasteiger partial charge in [-0.25, -0.2) is 4.79 Å². The molecule has 3 nitrogen and oxygen atoms in total. The summed E-state index contributed by atoms with van der Waals surface area (Å²) in [6.07, 6.45) is -6.50. The minimum atomic E-state index is -4.86. The Morgan fingerprint density at radius 1 is 1.29 bits per heavy atom. The zero-order valence-corrected chi connectivity index (χ0v) is 13.8. The molecule has 1 aromatic rings. The number of carboxylic acid groups (broad SMARTS) is 1. The molecule has 0 spiro atoms. The van der Waals surface area contributed by atoms with Crippen LogP contribution in [0.1, 0.15) is 31.9 Å². The number of benzene rings is 1. The summed E-state index contributed by atoms with van der Waals surface area (Å²) in [6, 6.07) is 2.74. The Morgan fingerprint density at radius 3 is 2.42 bits per heavy atom. The number of ether oxygens (including phenoxy) is 1. The van der Waals surface area contributed by atoms with E-state index < -0.39 is 23.8 Å². The summed E-state index contributed by atoms with van der Waals surface area (Å²) in [4.78, 5) is 11.1. The Balaban J connectivity index is 2.65. The van der Waals surface area contributed by atoms with Crippen LogP contribution in [0.5, 0.6) is 5.75 Å². The van der Waals surface area contributed by atoms with Crippen molar-refractivity contribution in [3.8, 4) is 17.6 Å². The van der Waals surface area contributed by atoms with Gasteiger partial charge in [-0.2, -0.15) is 13.2 Å². The van der Waals surface area contributed by atoms with Crippen LogP contribution in [-0.2, 0) is 4.79 Å². The lowest BCUT2D eigenvalue weighted by Gasteiger charge is -2.27. The van der Waals surface area contributed by atoms with Crippen molar-refractivity contribution in [2.45, 2.75) is 33.1 Å². The number of halogens is 4. The highest BCUT2D eigenvalue weighted by Gasteiger charge is 2.48. The number of hydrogen-bond donors (Lipinski definition) is 1. The molecule has 0 saturated carbocycles. The number of hydrogen-bond acceptors (Lipinski definition) is 2. The topological polar surface area (TPSA) is 46.5 Å². The molecule has 0 saturated heterocycles. The molecule has 1 aliphatic heterocycles. The van der Waals surface area contributed by atoms with Crippen LogP contribution in [0.3, 0.4) is 0 Å². The number of rotatable bonds is 1. The van der Waals surface area contributed by atoms with E-state index in [4.69, 9.17) is 21.4 Å². The highest BCUT2D eigenvalue weighted by molar-refractivity contribution is 6.31. The minimum absolute atomic E-state index is 0.122. The van der Waals surface area contributed by atoms with Crippen LogP contribution in [0.25, 0.3) is 6.08 Å². The summed E-state index contributed by atoms with van der Waals surface area (Å²) < 4.78 is 44.4. The Kier molecular flexibility index (Phi) is 4.60. The number of carboxylic acids is 1. The third-order valence-electron chi connectivity index (χ3n) is 3.03. The monoisotopic (exact) mass is 358 g/mol. The van der Waals surface area contributed by atoms with Gasteiger partial charge in [-0.15, -0.1) is 0 Å². The van der Waals surface area contributed by atoms with Crippen LogP contribution in [0.4, 0.5) is 13.2 Å². The van der Waals surface area contributed by atoms with Crippen molar-refractivity contribution in [2.24, 2.45) is 5.41 Å². The molecule has 1 aromatic carbocycles. The lowest BCUT2D eigenvalue weighted by molar-refractivity contribution is -0.187. The molecule has 0 fully saturated rings. The SMILES string of the molecule is CC(C)(C)C#Cc1cc(Cl)cc2c1OC(C(F)(F)F)C(C(=O)O)=C2. The lowest BCUT2D eigenvalue weighted by Crippen LogP contribution is -2.40. The summed E-state index contributed by atoms with van der Waals surface area (Å²) in [5, 5.41) is 9.26. The fraction of sp³-hybridized carbons (Fsp3) is 0.353. The Hall–Kier alpha value is -2.13. The van der Waals surface area contributed by atoms with Gasteiger partial charge in [0.25, 0.3) is 0 Å². The van der Waals surface area contributed by atoms with Crippen LogP contribution in [0.2, 0.25) is 5.02 Å². The first-order chi connectivity index (χ1) is 10.9. The molecule has 1 heterocycles. The molecule has 0 amide bonds. The van der Waals surface area contributed by atoms with Gasteiger partial charge in [0, 0.05) is 16.0 Å². The summed E-state index contributed by atoms with van der Waals surface area (Å²) in [6.45, 7) is 5.54. The fourth-order valence-corrected chi connectivity index (χ4v) is 2.27. The van der Waals surface area contributed by atoms with Gasteiger partial charge >= 0.3 is 12.1 Å². The van der Waals surface area contributed by atoms with E-state index >= 15 is 0 Å². The Bertz CT molecular complexity index is 777. The second-order valence-corrected chi connectivity index (χ2v) is 6.75. The van der Waals surface area contributed by atoms with E-state index in [0.717, 1.165) is 6.08 Å². The van der Waals surface area contributed by atoms with Gasteiger partial charge in [0.1, 0.15) is 5.75 Å². The minimum Gasteiger partial charge on any atom is -0.478 e. The highest BCUT2D eigenvalue weighted by Crippen LogP contribution is 2.40. The smallest absolute Gasteiger partial charge is 0.430 e. The third kappa shape index (κ3) is 4.04. The van der Waals surface area contributed by atoms with Crippen LogP contribution in [-0.4, -0.2) is 23.4 Å². The quantitative estimate of drug-likeness (QED) is 0.750. The molecular formula is C17H14ClF3O3. The van der Waals surface area contributed by atoms with Crippen LogP contribution in [0.15, 0.2) is 17.7 Å². The van der Waals surface area contributed by atoms with Crippen LogP contribution < -0.4 is 4.74 Å². The van der Waals surface area contributed by atoms with Gasteiger partial charge < -0.3 is 9.84 Å². The summed E-state index contributed by atoms with van der Waals surface area (Å²) >= 11 is 5.96. The molecule has 1 aliphatic rings. The van der Waals surface area contributed by atoms with Crippen LogP contribution >= 0.6 is 11.6 Å². The molecular weight excluding hydrogens is 345 g/mol. The normalized spacial score (nSPS) is 17.1. The second-order valence-electron chi connectivity index (χ2n) is 6.32. The van der Waals surface area contributed by atoms with Crippen molar-refractivity contribution in [2.75, 3.05) is 0 Å². The van der Waals surface area contributed by atoms with E-state index in [1.807, 2.05) is 20.8 Å². The average Bonchev–Trinajstić information content (AvgIpc) is 2.41. The first kappa shape index (κ1) is 18.2. The van der Waals surface area contributed by atoms with Crippen molar-refractivity contribution in [3.05, 3.63) is 33.9 Å². The predicted molar refractivity (Wildman–Crippen MR) is 83.9 cm³/mol. The highest BCUT2D eigenvalue weighted by atomic mass is 35.5. The molecule has 128 valence electrons. The van der Waals surface area contributed by atoms with Gasteiger partial charge in [-0.1, -0.05) is 23.4 Å². The van der Waals surface area contributed by atoms with Crippen molar-refractivity contribution in [1.29, 1.82) is 0 Å². The van der Waals surface area contributed by atoms with E-state index in [2.05, 4.69) is 11.8 Å². The lowest BCUT2D eigenvalue weighted by atomic mass is 9.95.